The summed E-state index contributed by atoms with van der Waals surface area (Å²) in [6, 6.07) is 0.0964. The average Bonchev–Trinajstić information content (AvgIpc) is 2.74. The van der Waals surface area contributed by atoms with E-state index in [-0.39, 0.29) is 23.6 Å². The van der Waals surface area contributed by atoms with E-state index in [0.29, 0.717) is 10.7 Å². The van der Waals surface area contributed by atoms with Gasteiger partial charge in [0.15, 0.2) is 11.3 Å². The number of hydrogen-bond donors (Lipinski definition) is 2. The van der Waals surface area contributed by atoms with Crippen molar-refractivity contribution in [2.75, 3.05) is 5.75 Å². The fourth-order valence-corrected chi connectivity index (χ4v) is 2.13. The number of amides is 2. The first kappa shape index (κ1) is 12.7. The van der Waals surface area contributed by atoms with E-state index in [1.807, 2.05) is 13.8 Å². The number of azo groups is 1. The zero-order valence-corrected chi connectivity index (χ0v) is 10.8. The highest BCUT2D eigenvalue weighted by molar-refractivity contribution is 8.14. The quantitative estimate of drug-likeness (QED) is 0.775. The molecule has 2 aliphatic rings. The lowest BCUT2D eigenvalue weighted by Gasteiger charge is -2.17. The van der Waals surface area contributed by atoms with Crippen molar-refractivity contribution in [1.82, 2.24) is 10.6 Å². The van der Waals surface area contributed by atoms with Crippen LogP contribution in [0.5, 0.6) is 0 Å². The molecule has 2 aliphatic heterocycles. The lowest BCUT2D eigenvalue weighted by Crippen LogP contribution is -2.39. The highest BCUT2D eigenvalue weighted by Crippen LogP contribution is 2.21. The second-order valence-electron chi connectivity index (χ2n) is 4.09. The van der Waals surface area contributed by atoms with Gasteiger partial charge in [0.1, 0.15) is 0 Å². The Morgan fingerprint density at radius 1 is 1.61 bits per heavy atom. The summed E-state index contributed by atoms with van der Waals surface area (Å²) in [5.41, 5.74) is 0.436. The molecular weight excluding hydrogens is 254 g/mol. The van der Waals surface area contributed by atoms with E-state index in [9.17, 15) is 9.59 Å². The Kier molecular flexibility index (Phi) is 3.75. The van der Waals surface area contributed by atoms with Gasteiger partial charge in [-0.1, -0.05) is 11.8 Å². The summed E-state index contributed by atoms with van der Waals surface area (Å²) in [6.45, 7) is 3.77. The molecule has 96 valence electrons. The van der Waals surface area contributed by atoms with Gasteiger partial charge in [-0.15, -0.1) is 0 Å². The highest BCUT2D eigenvalue weighted by atomic mass is 32.2. The van der Waals surface area contributed by atoms with Gasteiger partial charge in [0.25, 0.3) is 5.91 Å². The summed E-state index contributed by atoms with van der Waals surface area (Å²) in [7, 11) is 0. The molecule has 2 rings (SSSR count). The van der Waals surface area contributed by atoms with Crippen molar-refractivity contribution in [3.63, 3.8) is 0 Å². The molecule has 0 radical (unpaired) electrons. The Labute approximate surface area is 108 Å². The van der Waals surface area contributed by atoms with Crippen LogP contribution in [0.2, 0.25) is 0 Å². The number of carbonyl (C=O) groups excluding carboxylic acids is 2. The Bertz CT molecular complexity index is 469. The maximum absolute atomic E-state index is 11.6. The Balaban J connectivity index is 1.91. The van der Waals surface area contributed by atoms with Crippen LogP contribution in [0, 0.1) is 0 Å². The molecule has 0 aromatic heterocycles. The van der Waals surface area contributed by atoms with Gasteiger partial charge in [-0.25, -0.2) is 4.99 Å². The molecule has 1 atom stereocenters. The van der Waals surface area contributed by atoms with Crippen LogP contribution >= 0.6 is 11.8 Å². The third-order valence-electron chi connectivity index (χ3n) is 2.16. The molecule has 2 N–H and O–H groups in total. The van der Waals surface area contributed by atoms with Gasteiger partial charge in [-0.05, 0) is 13.8 Å². The Morgan fingerprint density at radius 3 is 3.11 bits per heavy atom. The predicted molar refractivity (Wildman–Crippen MR) is 68.0 cm³/mol. The van der Waals surface area contributed by atoms with Crippen molar-refractivity contribution >= 4 is 28.7 Å². The van der Waals surface area contributed by atoms with Gasteiger partial charge < -0.3 is 10.6 Å². The molecular formula is C10H13N5O2S. The molecule has 0 saturated heterocycles. The van der Waals surface area contributed by atoms with Gasteiger partial charge in [0.2, 0.25) is 5.91 Å². The number of hydrogen-bond acceptors (Lipinski definition) is 6. The maximum atomic E-state index is 11.6. The van der Waals surface area contributed by atoms with Gasteiger partial charge in [0, 0.05) is 6.04 Å². The summed E-state index contributed by atoms with van der Waals surface area (Å²) in [6.07, 6.45) is 0.852. The summed E-state index contributed by atoms with van der Waals surface area (Å²) >= 11 is 1.18. The fraction of sp³-hybridized carbons (Fsp3) is 0.500. The van der Waals surface area contributed by atoms with Crippen LogP contribution in [-0.2, 0) is 9.59 Å². The fourth-order valence-electron chi connectivity index (χ4n) is 1.44. The van der Waals surface area contributed by atoms with Crippen molar-refractivity contribution in [2.45, 2.75) is 26.1 Å². The normalized spacial score (nSPS) is 21.3. The van der Waals surface area contributed by atoms with Crippen LogP contribution in [0.25, 0.3) is 0 Å². The topological polar surface area (TPSA) is 95.3 Å². The molecule has 8 heteroatoms. The summed E-state index contributed by atoms with van der Waals surface area (Å²) in [5, 5.41) is 13.2. The molecule has 7 nitrogen and oxygen atoms in total. The molecule has 2 amide bonds. The second-order valence-corrected chi connectivity index (χ2v) is 5.05. The van der Waals surface area contributed by atoms with Crippen molar-refractivity contribution in [3.8, 4) is 0 Å². The number of nitrogens with zero attached hydrogens (tertiary/aromatic N) is 3. The van der Waals surface area contributed by atoms with Gasteiger partial charge >= 0.3 is 0 Å². The molecule has 0 saturated carbocycles. The van der Waals surface area contributed by atoms with E-state index in [1.54, 1.807) is 0 Å². The van der Waals surface area contributed by atoms with E-state index >= 15 is 0 Å². The minimum absolute atomic E-state index is 0.0960. The molecule has 1 unspecified atom stereocenters. The van der Waals surface area contributed by atoms with Crippen LogP contribution in [0.3, 0.4) is 0 Å². The van der Waals surface area contributed by atoms with Crippen molar-refractivity contribution < 1.29 is 9.59 Å². The predicted octanol–water partition coefficient (Wildman–Crippen LogP) is 0.406. The summed E-state index contributed by atoms with van der Waals surface area (Å²) in [5.74, 6) is -0.145. The highest BCUT2D eigenvalue weighted by Gasteiger charge is 2.29. The van der Waals surface area contributed by atoms with E-state index in [1.165, 1.54) is 18.0 Å². The van der Waals surface area contributed by atoms with E-state index in [0.717, 1.165) is 0 Å². The zero-order chi connectivity index (χ0) is 13.1. The first-order chi connectivity index (χ1) is 8.56. The number of fused-ring (bicyclic) bond motifs is 1. The van der Waals surface area contributed by atoms with Crippen LogP contribution in [0.4, 0.5) is 0 Å². The van der Waals surface area contributed by atoms with Gasteiger partial charge in [0.05, 0.1) is 17.5 Å². The Morgan fingerprint density at radius 2 is 2.39 bits per heavy atom. The average molecular weight is 267 g/mol. The molecule has 0 aliphatic carbocycles. The smallest absolute Gasteiger partial charge is 0.258 e. The number of nitrogens with one attached hydrogen (secondary N) is 2. The minimum atomic E-state index is -0.547. The first-order valence-corrected chi connectivity index (χ1v) is 6.46. The van der Waals surface area contributed by atoms with E-state index < -0.39 is 6.17 Å². The minimum Gasteiger partial charge on any atom is -0.353 e. The monoisotopic (exact) mass is 267 g/mol. The van der Waals surface area contributed by atoms with Crippen molar-refractivity contribution in [2.24, 2.45) is 15.2 Å². The number of thioether (sulfide) groups is 1. The molecule has 18 heavy (non-hydrogen) atoms. The maximum Gasteiger partial charge on any atom is 0.258 e. The first-order valence-electron chi connectivity index (χ1n) is 5.47. The molecule has 0 fully saturated rings. The van der Waals surface area contributed by atoms with E-state index in [4.69, 9.17) is 0 Å². The van der Waals surface area contributed by atoms with E-state index in [2.05, 4.69) is 25.9 Å². The zero-order valence-electron chi connectivity index (χ0n) is 10.0. The van der Waals surface area contributed by atoms with Crippen LogP contribution in [-0.4, -0.2) is 34.9 Å². The van der Waals surface area contributed by atoms with Gasteiger partial charge in [-0.2, -0.15) is 10.2 Å². The lowest BCUT2D eigenvalue weighted by atomic mass is 10.2. The largest absolute Gasteiger partial charge is 0.353 e. The third-order valence-corrected chi connectivity index (χ3v) is 3.05. The summed E-state index contributed by atoms with van der Waals surface area (Å²) < 4.78 is 0. The number of amidine groups is 1. The molecule has 0 aromatic rings. The van der Waals surface area contributed by atoms with Crippen LogP contribution < -0.4 is 10.6 Å². The molecule has 2 heterocycles. The molecule has 0 aromatic carbocycles. The second kappa shape index (κ2) is 5.30. The van der Waals surface area contributed by atoms with Crippen LogP contribution in [0.1, 0.15) is 13.8 Å². The number of aliphatic imine (C=N–C) groups is 1. The van der Waals surface area contributed by atoms with Crippen molar-refractivity contribution in [3.05, 3.63) is 11.8 Å². The van der Waals surface area contributed by atoms with Gasteiger partial charge in [-0.3, -0.25) is 9.59 Å². The SMILES string of the molecule is CC(C)NC(=O)CSC1=NC2N=NC=C2C(=O)N1. The molecule has 0 spiro atoms. The molecule has 0 bridgehead atoms. The lowest BCUT2D eigenvalue weighted by molar-refractivity contribution is -0.119. The summed E-state index contributed by atoms with van der Waals surface area (Å²) in [4.78, 5) is 27.3. The standard InChI is InChI=1S/C10H13N5O2S/c1-5(2)12-7(16)4-18-10-13-8-6(3-11-15-8)9(17)14-10/h3,5,8H,4H2,1-2H3,(H,12,16)(H,13,14,17). The van der Waals surface area contributed by atoms with Crippen molar-refractivity contribution in [1.29, 1.82) is 0 Å². The number of rotatable bonds is 3. The Hall–Kier alpha value is -1.70. The third kappa shape index (κ3) is 2.95. The van der Waals surface area contributed by atoms with Crippen LogP contribution in [0.15, 0.2) is 27.0 Å². The number of carbonyl (C=O) groups is 2.